The Morgan fingerprint density at radius 1 is 1.20 bits per heavy atom. The van der Waals surface area contributed by atoms with Gasteiger partial charge in [-0.3, -0.25) is 4.90 Å². The van der Waals surface area contributed by atoms with Gasteiger partial charge in [0, 0.05) is 18.6 Å². The monoisotopic (exact) mass is 212 g/mol. The third-order valence-electron chi connectivity index (χ3n) is 3.36. The highest BCUT2D eigenvalue weighted by molar-refractivity contribution is 4.79. The third-order valence-corrected chi connectivity index (χ3v) is 3.36. The molecule has 2 nitrogen and oxygen atoms in total. The van der Waals surface area contributed by atoms with Crippen LogP contribution in [0.3, 0.4) is 0 Å². The van der Waals surface area contributed by atoms with Crippen molar-refractivity contribution in [2.24, 2.45) is 11.7 Å². The quantitative estimate of drug-likeness (QED) is 0.733. The van der Waals surface area contributed by atoms with Gasteiger partial charge in [0.2, 0.25) is 0 Å². The van der Waals surface area contributed by atoms with Gasteiger partial charge in [-0.05, 0) is 38.6 Å². The van der Waals surface area contributed by atoms with Crippen LogP contribution >= 0.6 is 0 Å². The van der Waals surface area contributed by atoms with E-state index in [0.29, 0.717) is 6.04 Å². The minimum Gasteiger partial charge on any atom is -0.327 e. The lowest BCUT2D eigenvalue weighted by Crippen LogP contribution is -2.42. The molecule has 0 spiro atoms. The summed E-state index contributed by atoms with van der Waals surface area (Å²) in [5, 5.41) is 0. The van der Waals surface area contributed by atoms with Crippen molar-refractivity contribution >= 4 is 0 Å². The minimum absolute atomic E-state index is 0.317. The highest BCUT2D eigenvalue weighted by atomic mass is 15.2. The molecule has 90 valence electrons. The first kappa shape index (κ1) is 13.0. The van der Waals surface area contributed by atoms with Gasteiger partial charge in [0.25, 0.3) is 0 Å². The summed E-state index contributed by atoms with van der Waals surface area (Å²) in [7, 11) is 0. The second-order valence-corrected chi connectivity index (χ2v) is 5.59. The van der Waals surface area contributed by atoms with Gasteiger partial charge in [-0.15, -0.1) is 0 Å². The highest BCUT2D eigenvalue weighted by Crippen LogP contribution is 2.24. The molecule has 15 heavy (non-hydrogen) atoms. The normalized spacial score (nSPS) is 20.4. The maximum Gasteiger partial charge on any atom is 0.0139 e. The predicted molar refractivity (Wildman–Crippen MR) is 66.9 cm³/mol. The topological polar surface area (TPSA) is 29.3 Å². The molecule has 2 N–H and O–H groups in total. The standard InChI is InChI=1S/C13H28N2/c1-11(2)8-9-15(10-12(3)14)13-6-4-5-7-13/h11-13H,4-10,14H2,1-3H3/t12-/m0/s1. The molecule has 0 amide bonds. The Kier molecular flexibility index (Phi) is 5.62. The van der Waals surface area contributed by atoms with Crippen LogP contribution in [-0.2, 0) is 0 Å². The zero-order valence-corrected chi connectivity index (χ0v) is 10.7. The fourth-order valence-corrected chi connectivity index (χ4v) is 2.49. The molecule has 0 aliphatic heterocycles. The van der Waals surface area contributed by atoms with Gasteiger partial charge in [-0.25, -0.2) is 0 Å². The Morgan fingerprint density at radius 3 is 2.27 bits per heavy atom. The summed E-state index contributed by atoms with van der Waals surface area (Å²) >= 11 is 0. The predicted octanol–water partition coefficient (Wildman–Crippen LogP) is 2.62. The van der Waals surface area contributed by atoms with E-state index in [2.05, 4.69) is 25.7 Å². The molecule has 1 atom stereocenters. The van der Waals surface area contributed by atoms with Gasteiger partial charge in [0.05, 0.1) is 0 Å². The van der Waals surface area contributed by atoms with E-state index in [1.807, 2.05) is 0 Å². The molecule has 1 rings (SSSR count). The van der Waals surface area contributed by atoms with E-state index in [0.717, 1.165) is 18.5 Å². The maximum absolute atomic E-state index is 5.93. The van der Waals surface area contributed by atoms with Crippen LogP contribution in [0.25, 0.3) is 0 Å². The van der Waals surface area contributed by atoms with E-state index in [9.17, 15) is 0 Å². The zero-order valence-electron chi connectivity index (χ0n) is 10.7. The average Bonchev–Trinajstić information content (AvgIpc) is 2.63. The van der Waals surface area contributed by atoms with Crippen molar-refractivity contribution in [3.63, 3.8) is 0 Å². The molecular weight excluding hydrogens is 184 g/mol. The smallest absolute Gasteiger partial charge is 0.0139 e. The van der Waals surface area contributed by atoms with E-state index in [1.54, 1.807) is 0 Å². The summed E-state index contributed by atoms with van der Waals surface area (Å²) < 4.78 is 0. The van der Waals surface area contributed by atoms with Crippen LogP contribution in [0, 0.1) is 5.92 Å². The van der Waals surface area contributed by atoms with Crippen LogP contribution in [0.5, 0.6) is 0 Å². The zero-order chi connectivity index (χ0) is 11.3. The van der Waals surface area contributed by atoms with Crippen LogP contribution in [-0.4, -0.2) is 30.1 Å². The van der Waals surface area contributed by atoms with Crippen LogP contribution < -0.4 is 5.73 Å². The third kappa shape index (κ3) is 4.98. The number of hydrogen-bond acceptors (Lipinski definition) is 2. The molecule has 0 radical (unpaired) electrons. The van der Waals surface area contributed by atoms with Crippen LogP contribution in [0.15, 0.2) is 0 Å². The van der Waals surface area contributed by atoms with Gasteiger partial charge >= 0.3 is 0 Å². The van der Waals surface area contributed by atoms with Crippen molar-refractivity contribution in [1.82, 2.24) is 4.90 Å². The molecule has 0 saturated heterocycles. The van der Waals surface area contributed by atoms with E-state index < -0.39 is 0 Å². The first-order valence-electron chi connectivity index (χ1n) is 6.59. The average molecular weight is 212 g/mol. The number of nitrogens with two attached hydrogens (primary N) is 1. The largest absolute Gasteiger partial charge is 0.327 e. The van der Waals surface area contributed by atoms with Gasteiger partial charge in [-0.1, -0.05) is 26.7 Å². The lowest BCUT2D eigenvalue weighted by Gasteiger charge is -2.30. The number of hydrogen-bond donors (Lipinski definition) is 1. The maximum atomic E-state index is 5.93. The summed E-state index contributed by atoms with van der Waals surface area (Å²) in [6.07, 6.45) is 6.93. The number of nitrogens with zero attached hydrogens (tertiary/aromatic N) is 1. The Bertz CT molecular complexity index is 160. The van der Waals surface area contributed by atoms with Crippen molar-refractivity contribution in [3.05, 3.63) is 0 Å². The SMILES string of the molecule is CC(C)CCN(C[C@H](C)N)C1CCCC1. The van der Waals surface area contributed by atoms with E-state index >= 15 is 0 Å². The summed E-state index contributed by atoms with van der Waals surface area (Å²) in [4.78, 5) is 2.64. The van der Waals surface area contributed by atoms with Crippen LogP contribution in [0.2, 0.25) is 0 Å². The molecule has 0 heterocycles. The molecule has 0 bridgehead atoms. The van der Waals surface area contributed by atoms with Gasteiger partial charge < -0.3 is 5.73 Å². The lowest BCUT2D eigenvalue weighted by atomic mass is 10.1. The Balaban J connectivity index is 2.37. The Labute approximate surface area is 95.2 Å². The van der Waals surface area contributed by atoms with Gasteiger partial charge in [0.1, 0.15) is 0 Å². The van der Waals surface area contributed by atoms with Crippen molar-refractivity contribution in [2.45, 2.75) is 65.0 Å². The molecule has 0 unspecified atom stereocenters. The molecular formula is C13H28N2. The van der Waals surface area contributed by atoms with Crippen molar-refractivity contribution < 1.29 is 0 Å². The first-order chi connectivity index (χ1) is 7.09. The van der Waals surface area contributed by atoms with Crippen molar-refractivity contribution in [1.29, 1.82) is 0 Å². The van der Waals surface area contributed by atoms with E-state index in [-0.39, 0.29) is 0 Å². The summed E-state index contributed by atoms with van der Waals surface area (Å²) in [5.74, 6) is 0.807. The van der Waals surface area contributed by atoms with Crippen molar-refractivity contribution in [3.8, 4) is 0 Å². The molecule has 0 aromatic rings. The first-order valence-corrected chi connectivity index (χ1v) is 6.59. The summed E-state index contributed by atoms with van der Waals surface area (Å²) in [6, 6.07) is 1.15. The molecule has 0 aromatic carbocycles. The van der Waals surface area contributed by atoms with E-state index in [4.69, 9.17) is 5.73 Å². The van der Waals surface area contributed by atoms with E-state index in [1.165, 1.54) is 38.6 Å². The molecule has 1 saturated carbocycles. The lowest BCUT2D eigenvalue weighted by molar-refractivity contribution is 0.180. The molecule has 1 aliphatic carbocycles. The van der Waals surface area contributed by atoms with Gasteiger partial charge in [0.15, 0.2) is 0 Å². The van der Waals surface area contributed by atoms with Crippen molar-refractivity contribution in [2.75, 3.05) is 13.1 Å². The summed E-state index contributed by atoms with van der Waals surface area (Å²) in [5.41, 5.74) is 5.93. The second kappa shape index (κ2) is 6.49. The van der Waals surface area contributed by atoms with Gasteiger partial charge in [-0.2, -0.15) is 0 Å². The van der Waals surface area contributed by atoms with Crippen LogP contribution in [0.4, 0.5) is 0 Å². The Hall–Kier alpha value is -0.0800. The summed E-state index contributed by atoms with van der Waals surface area (Å²) in [6.45, 7) is 9.05. The fourth-order valence-electron chi connectivity index (χ4n) is 2.49. The molecule has 0 aromatic heterocycles. The molecule has 1 aliphatic rings. The highest BCUT2D eigenvalue weighted by Gasteiger charge is 2.22. The minimum atomic E-state index is 0.317. The second-order valence-electron chi connectivity index (χ2n) is 5.59. The number of rotatable bonds is 6. The molecule has 1 fully saturated rings. The Morgan fingerprint density at radius 2 is 1.80 bits per heavy atom. The van der Waals surface area contributed by atoms with Crippen LogP contribution in [0.1, 0.15) is 52.9 Å². The fraction of sp³-hybridized carbons (Fsp3) is 1.00. The molecule has 2 heteroatoms.